The Bertz CT molecular complexity index is 1270. The van der Waals surface area contributed by atoms with Gasteiger partial charge in [-0.05, 0) is 58.7 Å². The number of hydrogen-bond acceptors (Lipinski definition) is 3. The summed E-state index contributed by atoms with van der Waals surface area (Å²) in [5, 5.41) is 0. The third-order valence-electron chi connectivity index (χ3n) is 6.79. The fourth-order valence-electron chi connectivity index (χ4n) is 4.95. The summed E-state index contributed by atoms with van der Waals surface area (Å²) in [6.45, 7) is 0.507. The fraction of sp³-hybridized carbons (Fsp3) is 0.200. The molecule has 5 rings (SSSR count). The molecule has 1 aliphatic carbocycles. The maximum atomic E-state index is 7.13. The quantitative estimate of drug-likeness (QED) is 0.232. The van der Waals surface area contributed by atoms with Crippen molar-refractivity contribution in [3.63, 3.8) is 0 Å². The number of alkyl halides is 2. The van der Waals surface area contributed by atoms with Gasteiger partial charge in [-0.3, -0.25) is 0 Å². The lowest BCUT2D eigenvalue weighted by molar-refractivity contribution is 0.306. The Kier molecular flexibility index (Phi) is 6.39. The van der Waals surface area contributed by atoms with E-state index in [0.29, 0.717) is 6.61 Å². The van der Waals surface area contributed by atoms with Gasteiger partial charge in [0.15, 0.2) is 0 Å². The predicted octanol–water partition coefficient (Wildman–Crippen LogP) is 7.54. The minimum Gasteiger partial charge on any atom is -0.497 e. The van der Waals surface area contributed by atoms with Crippen molar-refractivity contribution in [2.45, 2.75) is 22.3 Å². The first-order valence-electron chi connectivity index (χ1n) is 11.4. The van der Waals surface area contributed by atoms with E-state index >= 15 is 0 Å². The van der Waals surface area contributed by atoms with Crippen LogP contribution in [-0.4, -0.2) is 18.6 Å². The molecule has 0 N–H and O–H groups in total. The molecule has 1 saturated carbocycles. The SMILES string of the molecule is COc1ccc(C2C(Cl)(Cl)C2(c2ccc(OC)cc2)c2ccc(OCc3ccccc3)cc2)cc1. The lowest BCUT2D eigenvalue weighted by atomic mass is 9.84. The highest BCUT2D eigenvalue weighted by Crippen LogP contribution is 2.77. The van der Waals surface area contributed by atoms with Gasteiger partial charge in [-0.15, -0.1) is 0 Å². The van der Waals surface area contributed by atoms with Crippen LogP contribution >= 0.6 is 23.2 Å². The van der Waals surface area contributed by atoms with Crippen LogP contribution < -0.4 is 14.2 Å². The van der Waals surface area contributed by atoms with Crippen LogP contribution in [0.3, 0.4) is 0 Å². The van der Waals surface area contributed by atoms with Gasteiger partial charge in [0.2, 0.25) is 0 Å². The van der Waals surface area contributed by atoms with Crippen LogP contribution in [0.25, 0.3) is 0 Å². The molecule has 0 bridgehead atoms. The van der Waals surface area contributed by atoms with Gasteiger partial charge in [0.05, 0.1) is 19.6 Å². The molecule has 0 aliphatic heterocycles. The van der Waals surface area contributed by atoms with Crippen LogP contribution in [-0.2, 0) is 12.0 Å². The second-order valence-electron chi connectivity index (χ2n) is 8.66. The van der Waals surface area contributed by atoms with Crippen molar-refractivity contribution in [1.82, 2.24) is 0 Å². The highest BCUT2D eigenvalue weighted by atomic mass is 35.5. The first-order chi connectivity index (χ1) is 17.0. The maximum absolute atomic E-state index is 7.13. The second kappa shape index (κ2) is 9.49. The molecule has 0 aromatic heterocycles. The monoisotopic (exact) mass is 504 g/mol. The summed E-state index contributed by atoms with van der Waals surface area (Å²) in [6, 6.07) is 34.1. The van der Waals surface area contributed by atoms with Gasteiger partial charge in [0, 0.05) is 5.92 Å². The highest BCUT2D eigenvalue weighted by molar-refractivity contribution is 6.53. The number of benzene rings is 4. The third-order valence-corrected chi connectivity index (χ3v) is 7.82. The zero-order valence-electron chi connectivity index (χ0n) is 19.6. The molecule has 4 aromatic rings. The van der Waals surface area contributed by atoms with Gasteiger partial charge in [0.25, 0.3) is 0 Å². The van der Waals surface area contributed by atoms with Gasteiger partial charge in [-0.2, -0.15) is 0 Å². The standard InChI is InChI=1S/C30H26Cl2O3/c1-33-25-14-8-22(9-15-25)28-29(30(28,31)32,23-10-16-26(34-2)17-11-23)24-12-18-27(19-13-24)35-20-21-6-4-3-5-7-21/h3-19,28H,20H2,1-2H3. The van der Waals surface area contributed by atoms with Crippen molar-refractivity contribution in [3.05, 3.63) is 125 Å². The largest absolute Gasteiger partial charge is 0.497 e. The van der Waals surface area contributed by atoms with Crippen molar-refractivity contribution in [1.29, 1.82) is 0 Å². The van der Waals surface area contributed by atoms with Crippen LogP contribution in [0.4, 0.5) is 0 Å². The third kappa shape index (κ3) is 4.13. The van der Waals surface area contributed by atoms with Gasteiger partial charge in [0.1, 0.15) is 28.2 Å². The minimum absolute atomic E-state index is 0.145. The molecule has 0 spiro atoms. The van der Waals surface area contributed by atoms with Gasteiger partial charge in [-0.1, -0.05) is 89.9 Å². The average molecular weight is 505 g/mol. The lowest BCUT2D eigenvalue weighted by Gasteiger charge is -2.21. The second-order valence-corrected chi connectivity index (χ2v) is 10.1. The smallest absolute Gasteiger partial charge is 0.140 e. The Morgan fingerprint density at radius 1 is 0.629 bits per heavy atom. The molecule has 1 aliphatic rings. The topological polar surface area (TPSA) is 27.7 Å². The van der Waals surface area contributed by atoms with E-state index in [0.717, 1.165) is 39.5 Å². The van der Waals surface area contributed by atoms with Crippen LogP contribution in [0, 0.1) is 0 Å². The van der Waals surface area contributed by atoms with E-state index in [1.807, 2.05) is 91.0 Å². The molecule has 178 valence electrons. The van der Waals surface area contributed by atoms with E-state index in [2.05, 4.69) is 12.1 Å². The Morgan fingerprint density at radius 3 is 1.63 bits per heavy atom. The molecule has 4 aromatic carbocycles. The fourth-order valence-corrected chi connectivity index (χ4v) is 6.08. The molecular weight excluding hydrogens is 479 g/mol. The van der Waals surface area contributed by atoms with Crippen LogP contribution in [0.15, 0.2) is 103 Å². The van der Waals surface area contributed by atoms with E-state index < -0.39 is 9.75 Å². The highest BCUT2D eigenvalue weighted by Gasteiger charge is 2.77. The molecule has 0 heterocycles. The molecule has 2 unspecified atom stereocenters. The van der Waals surface area contributed by atoms with E-state index in [4.69, 9.17) is 37.4 Å². The summed E-state index contributed by atoms with van der Waals surface area (Å²) < 4.78 is 15.7. The minimum atomic E-state index is -1.04. The molecule has 0 amide bonds. The number of rotatable bonds is 8. The molecule has 35 heavy (non-hydrogen) atoms. The number of hydrogen-bond donors (Lipinski definition) is 0. The summed E-state index contributed by atoms with van der Waals surface area (Å²) in [6.07, 6.45) is 0. The number of halogens is 2. The van der Waals surface area contributed by atoms with Crippen molar-refractivity contribution in [2.75, 3.05) is 14.2 Å². The number of ether oxygens (including phenoxy) is 3. The molecule has 3 nitrogen and oxygen atoms in total. The predicted molar refractivity (Wildman–Crippen MR) is 141 cm³/mol. The Hall–Kier alpha value is -3.14. The Balaban J connectivity index is 1.51. The summed E-state index contributed by atoms with van der Waals surface area (Å²) in [5.74, 6) is 2.22. The van der Waals surface area contributed by atoms with Crippen LogP contribution in [0.2, 0.25) is 0 Å². The van der Waals surface area contributed by atoms with Crippen LogP contribution in [0.5, 0.6) is 17.2 Å². The van der Waals surface area contributed by atoms with Gasteiger partial charge in [-0.25, -0.2) is 0 Å². The van der Waals surface area contributed by atoms with Crippen molar-refractivity contribution >= 4 is 23.2 Å². The summed E-state index contributed by atoms with van der Waals surface area (Å²) >= 11 is 14.3. The summed E-state index contributed by atoms with van der Waals surface area (Å²) in [7, 11) is 3.31. The van der Waals surface area contributed by atoms with Gasteiger partial charge >= 0.3 is 0 Å². The van der Waals surface area contributed by atoms with Gasteiger partial charge < -0.3 is 14.2 Å². The molecular formula is C30H26Cl2O3. The zero-order chi connectivity index (χ0) is 24.5. The normalized spacial score (nSPS) is 20.2. The summed E-state index contributed by atoms with van der Waals surface area (Å²) in [5.41, 5.74) is 3.60. The first-order valence-corrected chi connectivity index (χ1v) is 12.2. The van der Waals surface area contributed by atoms with E-state index in [9.17, 15) is 0 Å². The van der Waals surface area contributed by atoms with Crippen molar-refractivity contribution in [2.24, 2.45) is 0 Å². The van der Waals surface area contributed by atoms with Crippen molar-refractivity contribution in [3.8, 4) is 17.2 Å². The zero-order valence-corrected chi connectivity index (χ0v) is 21.1. The molecule has 1 fully saturated rings. The molecule has 5 heteroatoms. The Morgan fingerprint density at radius 2 is 1.11 bits per heavy atom. The first kappa shape index (κ1) is 23.6. The average Bonchev–Trinajstić information content (AvgIpc) is 3.44. The summed E-state index contributed by atoms with van der Waals surface area (Å²) in [4.78, 5) is 0. The van der Waals surface area contributed by atoms with E-state index in [1.165, 1.54) is 0 Å². The molecule has 2 atom stereocenters. The van der Waals surface area contributed by atoms with Crippen molar-refractivity contribution < 1.29 is 14.2 Å². The maximum Gasteiger partial charge on any atom is 0.140 e. The number of methoxy groups -OCH3 is 2. The van der Waals surface area contributed by atoms with E-state index in [-0.39, 0.29) is 5.92 Å². The van der Waals surface area contributed by atoms with E-state index in [1.54, 1.807) is 14.2 Å². The molecule has 0 radical (unpaired) electrons. The Labute approximate surface area is 216 Å². The van der Waals surface area contributed by atoms with Crippen LogP contribution in [0.1, 0.15) is 28.2 Å². The molecule has 0 saturated heterocycles. The lowest BCUT2D eigenvalue weighted by Crippen LogP contribution is -2.17.